The number of aliphatic imine (C=N–C) groups is 1. The molecule has 4 rings (SSSR count). The van der Waals surface area contributed by atoms with Gasteiger partial charge in [0.05, 0.1) is 13.9 Å². The summed E-state index contributed by atoms with van der Waals surface area (Å²) in [7, 11) is 0. The molecule has 3 aromatic rings. The Balaban J connectivity index is 1.54. The van der Waals surface area contributed by atoms with Crippen molar-refractivity contribution in [2.45, 2.75) is 6.61 Å². The predicted octanol–water partition coefficient (Wildman–Crippen LogP) is 6.65. The molecule has 0 fully saturated rings. The van der Waals surface area contributed by atoms with Crippen molar-refractivity contribution >= 4 is 78.1 Å². The molecule has 1 aliphatic heterocycles. The second-order valence-electron chi connectivity index (χ2n) is 6.87. The number of carbonyl (C=O) groups is 1. The van der Waals surface area contributed by atoms with Gasteiger partial charge >= 0.3 is 5.97 Å². The number of ether oxygens (including phenoxy) is 2. The number of hydrogen-bond donors (Lipinski definition) is 0. The molecule has 7 nitrogen and oxygen atoms in total. The molecule has 3 aromatic carbocycles. The summed E-state index contributed by atoms with van der Waals surface area (Å²) < 4.78 is 13.8. The van der Waals surface area contributed by atoms with Gasteiger partial charge in [-0.1, -0.05) is 12.1 Å². The Bertz CT molecular complexity index is 1300. The molecule has 33 heavy (non-hydrogen) atoms. The second-order valence-corrected chi connectivity index (χ2v) is 9.83. The number of hydrogen-bond acceptors (Lipinski definition) is 6. The molecule has 0 N–H and O–H groups in total. The summed E-state index contributed by atoms with van der Waals surface area (Å²) in [5.74, 6) is 0.131. The number of cyclic esters (lactones) is 1. The highest BCUT2D eigenvalue weighted by Crippen LogP contribution is 2.36. The van der Waals surface area contributed by atoms with E-state index in [4.69, 9.17) is 9.47 Å². The van der Waals surface area contributed by atoms with Crippen molar-refractivity contribution in [2.75, 3.05) is 0 Å². The van der Waals surface area contributed by atoms with Crippen LogP contribution >= 0.6 is 54.5 Å². The van der Waals surface area contributed by atoms with E-state index in [0.717, 1.165) is 9.13 Å². The fourth-order valence-corrected chi connectivity index (χ4v) is 5.06. The van der Waals surface area contributed by atoms with Gasteiger partial charge in [0.2, 0.25) is 5.90 Å². The van der Waals surface area contributed by atoms with E-state index < -0.39 is 10.9 Å². The van der Waals surface area contributed by atoms with Crippen molar-refractivity contribution in [1.29, 1.82) is 0 Å². The van der Waals surface area contributed by atoms with Crippen LogP contribution in [0.4, 0.5) is 5.69 Å². The van der Waals surface area contributed by atoms with Crippen LogP contribution in [-0.4, -0.2) is 16.8 Å². The van der Waals surface area contributed by atoms with Gasteiger partial charge in [-0.2, -0.15) is 0 Å². The summed E-state index contributed by atoms with van der Waals surface area (Å²) in [6, 6.07) is 17.3. The Hall–Kier alpha value is -2.57. The van der Waals surface area contributed by atoms with Crippen LogP contribution < -0.4 is 4.74 Å². The third-order valence-corrected chi connectivity index (χ3v) is 6.39. The molecule has 1 heterocycles. The molecule has 0 unspecified atom stereocenters. The Morgan fingerprint density at radius 3 is 2.42 bits per heavy atom. The number of non-ortho nitro benzene ring substituents is 1. The zero-order valence-electron chi connectivity index (χ0n) is 16.6. The van der Waals surface area contributed by atoms with Crippen LogP contribution in [0.3, 0.4) is 0 Å². The average molecular weight is 684 g/mol. The Labute approximate surface area is 219 Å². The third-order valence-electron chi connectivity index (χ3n) is 4.54. The molecule has 0 bridgehead atoms. The summed E-state index contributed by atoms with van der Waals surface area (Å²) in [5.41, 5.74) is 2.29. The van der Waals surface area contributed by atoms with E-state index in [2.05, 4.69) is 59.4 Å². The summed E-state index contributed by atoms with van der Waals surface area (Å²) in [6.07, 6.45) is 1.60. The lowest BCUT2D eigenvalue weighted by molar-refractivity contribution is -0.384. The molecule has 0 saturated heterocycles. The van der Waals surface area contributed by atoms with Crippen molar-refractivity contribution in [2.24, 2.45) is 4.99 Å². The summed E-state index contributed by atoms with van der Waals surface area (Å²) in [6.45, 7) is 0.406. The number of halogens is 3. The minimum Gasteiger partial charge on any atom is -0.487 e. The lowest BCUT2D eigenvalue weighted by Gasteiger charge is -2.12. The number of nitro benzene ring substituents is 1. The van der Waals surface area contributed by atoms with Gasteiger partial charge in [-0.15, -0.1) is 0 Å². The zero-order valence-corrected chi connectivity index (χ0v) is 22.0. The smallest absolute Gasteiger partial charge is 0.363 e. The molecule has 0 radical (unpaired) electrons. The van der Waals surface area contributed by atoms with E-state index in [1.165, 1.54) is 24.3 Å². The molecule has 0 atom stereocenters. The molecular weight excluding hydrogens is 671 g/mol. The Kier molecular flexibility index (Phi) is 7.25. The minimum absolute atomic E-state index is 0.0570. The maximum atomic E-state index is 12.3. The van der Waals surface area contributed by atoms with Gasteiger partial charge in [-0.05, 0) is 108 Å². The topological polar surface area (TPSA) is 91.0 Å². The van der Waals surface area contributed by atoms with E-state index in [-0.39, 0.29) is 17.3 Å². The van der Waals surface area contributed by atoms with Gasteiger partial charge in [0.15, 0.2) is 5.70 Å². The number of carbonyl (C=O) groups excluding carboxylic acids is 1. The molecule has 1 aliphatic rings. The van der Waals surface area contributed by atoms with E-state index in [1.807, 2.05) is 36.4 Å². The highest BCUT2D eigenvalue weighted by Gasteiger charge is 2.25. The molecule has 0 aromatic heterocycles. The number of nitrogens with zero attached hydrogens (tertiary/aromatic N) is 2. The highest BCUT2D eigenvalue weighted by molar-refractivity contribution is 14.1. The van der Waals surface area contributed by atoms with Crippen LogP contribution in [0, 0.1) is 13.7 Å². The van der Waals surface area contributed by atoms with E-state index in [9.17, 15) is 14.9 Å². The number of esters is 1. The predicted molar refractivity (Wildman–Crippen MR) is 139 cm³/mol. The lowest BCUT2D eigenvalue weighted by Crippen LogP contribution is -2.05. The number of rotatable bonds is 6. The van der Waals surface area contributed by atoms with Crippen molar-refractivity contribution in [3.8, 4) is 5.75 Å². The van der Waals surface area contributed by atoms with Gasteiger partial charge in [-0.3, -0.25) is 10.1 Å². The first-order chi connectivity index (χ1) is 15.8. The normalized spacial score (nSPS) is 14.2. The third kappa shape index (κ3) is 5.68. The maximum absolute atomic E-state index is 12.3. The molecule has 0 saturated carbocycles. The van der Waals surface area contributed by atoms with Crippen LogP contribution in [0.25, 0.3) is 6.08 Å². The SMILES string of the molecule is O=C1OC(c2ccc([N+](=O)[O-])cc2)=N/C1=C\c1cc(Br)c(OCc2cccc(I)c2)c(Br)c1. The molecule has 10 heteroatoms. The lowest BCUT2D eigenvalue weighted by atomic mass is 10.2. The fraction of sp³-hybridized carbons (Fsp3) is 0.0435. The first-order valence-electron chi connectivity index (χ1n) is 9.44. The average Bonchev–Trinajstić information content (AvgIpc) is 3.13. The van der Waals surface area contributed by atoms with Gasteiger partial charge < -0.3 is 9.47 Å². The van der Waals surface area contributed by atoms with Crippen LogP contribution in [-0.2, 0) is 16.1 Å². The second kappa shape index (κ2) is 10.1. The molecule has 0 amide bonds. The van der Waals surface area contributed by atoms with Crippen molar-refractivity contribution in [3.05, 3.63) is 106 Å². The number of nitro groups is 1. The zero-order chi connectivity index (χ0) is 23.5. The van der Waals surface area contributed by atoms with Crippen LogP contribution in [0.2, 0.25) is 0 Å². The van der Waals surface area contributed by atoms with Gasteiger partial charge in [0.25, 0.3) is 5.69 Å². The molecule has 166 valence electrons. The first-order valence-corrected chi connectivity index (χ1v) is 12.1. The van der Waals surface area contributed by atoms with Crippen molar-refractivity contribution in [3.63, 3.8) is 0 Å². The quantitative estimate of drug-likeness (QED) is 0.0955. The first kappa shape index (κ1) is 23.6. The van der Waals surface area contributed by atoms with Crippen LogP contribution in [0.15, 0.2) is 80.3 Å². The summed E-state index contributed by atoms with van der Waals surface area (Å²) in [5, 5.41) is 10.8. The summed E-state index contributed by atoms with van der Waals surface area (Å²) >= 11 is 9.31. The number of benzene rings is 3. The minimum atomic E-state index is -0.602. The molecule has 0 aliphatic carbocycles. The summed E-state index contributed by atoms with van der Waals surface area (Å²) in [4.78, 5) is 26.9. The van der Waals surface area contributed by atoms with Crippen molar-refractivity contribution < 1.29 is 19.2 Å². The van der Waals surface area contributed by atoms with Crippen molar-refractivity contribution in [1.82, 2.24) is 0 Å². The molecular formula is C23H13Br2IN2O5. The van der Waals surface area contributed by atoms with Gasteiger partial charge in [0, 0.05) is 21.3 Å². The molecule has 0 spiro atoms. The van der Waals surface area contributed by atoms with Gasteiger partial charge in [-0.25, -0.2) is 9.79 Å². The monoisotopic (exact) mass is 682 g/mol. The highest BCUT2D eigenvalue weighted by atomic mass is 127. The fourth-order valence-electron chi connectivity index (χ4n) is 3.00. The largest absolute Gasteiger partial charge is 0.487 e. The van der Waals surface area contributed by atoms with Gasteiger partial charge in [0.1, 0.15) is 12.4 Å². The van der Waals surface area contributed by atoms with E-state index in [1.54, 1.807) is 6.08 Å². The van der Waals surface area contributed by atoms with E-state index in [0.29, 0.717) is 32.4 Å². The Morgan fingerprint density at radius 1 is 1.09 bits per heavy atom. The van der Waals surface area contributed by atoms with Crippen LogP contribution in [0.5, 0.6) is 5.75 Å². The Morgan fingerprint density at radius 2 is 1.79 bits per heavy atom. The standard InChI is InChI=1S/C23H13Br2IN2O5/c24-18-9-14(10-19(25)21(18)32-12-13-2-1-3-16(26)8-13)11-20-23(29)33-22(27-20)15-4-6-17(7-5-15)28(30)31/h1-11H,12H2/b20-11-. The van der Waals surface area contributed by atoms with Crippen LogP contribution in [0.1, 0.15) is 16.7 Å². The maximum Gasteiger partial charge on any atom is 0.363 e. The van der Waals surface area contributed by atoms with E-state index >= 15 is 0 Å².